The minimum atomic E-state index is -0.368. The molecule has 92 valence electrons. The highest BCUT2D eigenvalue weighted by molar-refractivity contribution is 5.66. The van der Waals surface area contributed by atoms with E-state index in [1.165, 1.54) is 0 Å². The van der Waals surface area contributed by atoms with E-state index in [2.05, 4.69) is 9.97 Å². The van der Waals surface area contributed by atoms with Crippen molar-refractivity contribution in [1.82, 2.24) is 14.4 Å². The SMILES string of the molecule is Cc1[nH]c(=O)c(C#N)cc1-c1cn2ccccc2n1. The Labute approximate surface area is 108 Å². The van der Waals surface area contributed by atoms with Gasteiger partial charge >= 0.3 is 0 Å². The summed E-state index contributed by atoms with van der Waals surface area (Å²) >= 11 is 0. The van der Waals surface area contributed by atoms with Crippen LogP contribution in [0, 0.1) is 18.3 Å². The van der Waals surface area contributed by atoms with E-state index in [-0.39, 0.29) is 11.1 Å². The molecule has 0 aromatic carbocycles. The number of hydrogen-bond donors (Lipinski definition) is 1. The van der Waals surface area contributed by atoms with Gasteiger partial charge in [0.05, 0.1) is 5.69 Å². The van der Waals surface area contributed by atoms with E-state index >= 15 is 0 Å². The largest absolute Gasteiger partial charge is 0.325 e. The molecule has 0 aliphatic heterocycles. The van der Waals surface area contributed by atoms with Crippen molar-refractivity contribution in [2.75, 3.05) is 0 Å². The third-order valence-electron chi connectivity index (χ3n) is 3.00. The fourth-order valence-electron chi connectivity index (χ4n) is 2.04. The fraction of sp³-hybridized carbons (Fsp3) is 0.0714. The van der Waals surface area contributed by atoms with Crippen LogP contribution >= 0.6 is 0 Å². The number of aryl methyl sites for hydroxylation is 1. The summed E-state index contributed by atoms with van der Waals surface area (Å²) in [4.78, 5) is 18.7. The summed E-state index contributed by atoms with van der Waals surface area (Å²) in [5, 5.41) is 8.92. The molecule has 3 aromatic rings. The van der Waals surface area contributed by atoms with Crippen molar-refractivity contribution in [3.63, 3.8) is 0 Å². The first-order valence-electron chi connectivity index (χ1n) is 5.77. The number of nitrogens with one attached hydrogen (secondary N) is 1. The zero-order valence-electron chi connectivity index (χ0n) is 10.2. The van der Waals surface area contributed by atoms with Crippen LogP contribution in [0.5, 0.6) is 0 Å². The van der Waals surface area contributed by atoms with Crippen LogP contribution in [-0.2, 0) is 0 Å². The standard InChI is InChI=1S/C14H10N4O/c1-9-11(6-10(7-15)14(19)16-9)12-8-18-5-3-2-4-13(18)17-12/h2-6,8H,1H3,(H,16,19). The highest BCUT2D eigenvalue weighted by Gasteiger charge is 2.10. The Bertz CT molecular complexity index is 834. The van der Waals surface area contributed by atoms with Crippen molar-refractivity contribution in [3.05, 3.63) is 58.3 Å². The summed E-state index contributed by atoms with van der Waals surface area (Å²) in [6.45, 7) is 1.79. The molecule has 0 amide bonds. The molecular weight excluding hydrogens is 240 g/mol. The van der Waals surface area contributed by atoms with Crippen LogP contribution < -0.4 is 5.56 Å². The molecule has 19 heavy (non-hydrogen) atoms. The highest BCUT2D eigenvalue weighted by atomic mass is 16.1. The third kappa shape index (κ3) is 1.79. The Kier molecular flexibility index (Phi) is 2.43. The van der Waals surface area contributed by atoms with Crippen LogP contribution in [0.2, 0.25) is 0 Å². The summed E-state index contributed by atoms with van der Waals surface area (Å²) in [5.41, 5.74) is 2.75. The van der Waals surface area contributed by atoms with Crippen molar-refractivity contribution >= 4 is 5.65 Å². The lowest BCUT2D eigenvalue weighted by Crippen LogP contribution is -2.11. The van der Waals surface area contributed by atoms with Crippen molar-refractivity contribution in [2.45, 2.75) is 6.92 Å². The molecule has 0 atom stereocenters. The summed E-state index contributed by atoms with van der Waals surface area (Å²) in [5.74, 6) is 0. The molecule has 0 saturated carbocycles. The van der Waals surface area contributed by atoms with Gasteiger partial charge in [0, 0.05) is 23.7 Å². The molecule has 1 N–H and O–H groups in total. The number of pyridine rings is 2. The molecule has 0 fully saturated rings. The molecule has 0 bridgehead atoms. The second-order valence-electron chi connectivity index (χ2n) is 4.25. The van der Waals surface area contributed by atoms with Gasteiger partial charge in [-0.25, -0.2) is 4.98 Å². The third-order valence-corrected chi connectivity index (χ3v) is 3.00. The van der Waals surface area contributed by atoms with Gasteiger partial charge in [-0.2, -0.15) is 5.26 Å². The van der Waals surface area contributed by atoms with E-state index in [4.69, 9.17) is 5.26 Å². The van der Waals surface area contributed by atoms with Crippen molar-refractivity contribution in [3.8, 4) is 17.3 Å². The lowest BCUT2D eigenvalue weighted by atomic mass is 10.1. The Morgan fingerprint density at radius 2 is 2.26 bits per heavy atom. The van der Waals surface area contributed by atoms with Crippen molar-refractivity contribution < 1.29 is 0 Å². The highest BCUT2D eigenvalue weighted by Crippen LogP contribution is 2.21. The lowest BCUT2D eigenvalue weighted by molar-refractivity contribution is 1.13. The second-order valence-corrected chi connectivity index (χ2v) is 4.25. The Morgan fingerprint density at radius 1 is 1.42 bits per heavy atom. The molecule has 5 nitrogen and oxygen atoms in total. The lowest BCUT2D eigenvalue weighted by Gasteiger charge is -2.02. The van der Waals surface area contributed by atoms with Gasteiger partial charge in [-0.05, 0) is 25.1 Å². The molecule has 3 rings (SSSR count). The van der Waals surface area contributed by atoms with E-state index in [1.807, 2.05) is 41.1 Å². The molecule has 0 aliphatic rings. The molecule has 0 aliphatic carbocycles. The Hall–Kier alpha value is -2.87. The summed E-state index contributed by atoms with van der Waals surface area (Å²) in [7, 11) is 0. The fourth-order valence-corrected chi connectivity index (χ4v) is 2.04. The monoisotopic (exact) mass is 250 g/mol. The van der Waals surface area contributed by atoms with Crippen LogP contribution in [0.15, 0.2) is 41.5 Å². The molecule has 0 unspecified atom stereocenters. The Morgan fingerprint density at radius 3 is 3.00 bits per heavy atom. The topological polar surface area (TPSA) is 74.0 Å². The van der Waals surface area contributed by atoms with Crippen LogP contribution in [0.4, 0.5) is 0 Å². The predicted octanol–water partition coefficient (Wildman–Crippen LogP) is 1.87. The quantitative estimate of drug-likeness (QED) is 0.716. The molecule has 5 heteroatoms. The van der Waals surface area contributed by atoms with E-state index in [0.29, 0.717) is 5.69 Å². The zero-order valence-corrected chi connectivity index (χ0v) is 10.2. The maximum absolute atomic E-state index is 11.5. The normalized spacial score (nSPS) is 10.5. The molecule has 3 aromatic heterocycles. The second kappa shape index (κ2) is 4.10. The maximum atomic E-state index is 11.5. The number of aromatic amines is 1. The summed E-state index contributed by atoms with van der Waals surface area (Å²) in [6, 6.07) is 9.19. The summed E-state index contributed by atoms with van der Waals surface area (Å²) in [6.07, 6.45) is 3.77. The van der Waals surface area contributed by atoms with Gasteiger partial charge in [-0.3, -0.25) is 4.79 Å². The number of aromatic nitrogens is 3. The smallest absolute Gasteiger partial charge is 0.266 e. The molecule has 3 heterocycles. The van der Waals surface area contributed by atoms with Crippen LogP contribution in [0.25, 0.3) is 16.9 Å². The first-order valence-corrected chi connectivity index (χ1v) is 5.77. The number of hydrogen-bond acceptors (Lipinski definition) is 3. The molecule has 0 radical (unpaired) electrons. The predicted molar refractivity (Wildman–Crippen MR) is 70.7 cm³/mol. The number of rotatable bonds is 1. The van der Waals surface area contributed by atoms with Gasteiger partial charge in [0.15, 0.2) is 0 Å². The van der Waals surface area contributed by atoms with Crippen molar-refractivity contribution in [2.24, 2.45) is 0 Å². The maximum Gasteiger partial charge on any atom is 0.266 e. The van der Waals surface area contributed by atoms with E-state index < -0.39 is 0 Å². The molecular formula is C14H10N4O. The number of fused-ring (bicyclic) bond motifs is 1. The number of nitrogens with zero attached hydrogens (tertiary/aromatic N) is 3. The van der Waals surface area contributed by atoms with Gasteiger partial charge in [0.25, 0.3) is 5.56 Å². The number of H-pyrrole nitrogens is 1. The van der Waals surface area contributed by atoms with Crippen LogP contribution in [0.3, 0.4) is 0 Å². The summed E-state index contributed by atoms with van der Waals surface area (Å²) < 4.78 is 1.89. The van der Waals surface area contributed by atoms with Gasteiger partial charge in [-0.1, -0.05) is 6.07 Å². The van der Waals surface area contributed by atoms with E-state index in [9.17, 15) is 4.79 Å². The van der Waals surface area contributed by atoms with Gasteiger partial charge in [-0.15, -0.1) is 0 Å². The first kappa shape index (κ1) is 11.2. The number of imidazole rings is 1. The average molecular weight is 250 g/mol. The minimum Gasteiger partial charge on any atom is -0.325 e. The molecule has 0 spiro atoms. The van der Waals surface area contributed by atoms with Crippen LogP contribution in [-0.4, -0.2) is 14.4 Å². The molecule has 0 saturated heterocycles. The van der Waals surface area contributed by atoms with Crippen molar-refractivity contribution in [1.29, 1.82) is 5.26 Å². The van der Waals surface area contributed by atoms with Crippen LogP contribution in [0.1, 0.15) is 11.3 Å². The van der Waals surface area contributed by atoms with Gasteiger partial charge < -0.3 is 9.38 Å². The minimum absolute atomic E-state index is 0.0951. The first-order chi connectivity index (χ1) is 9.19. The zero-order chi connectivity index (χ0) is 13.4. The van der Waals surface area contributed by atoms with E-state index in [1.54, 1.807) is 13.0 Å². The van der Waals surface area contributed by atoms with Gasteiger partial charge in [0.2, 0.25) is 0 Å². The van der Waals surface area contributed by atoms with Gasteiger partial charge in [0.1, 0.15) is 17.3 Å². The Balaban J connectivity index is 2.27. The van der Waals surface area contributed by atoms with E-state index in [0.717, 1.165) is 16.9 Å². The average Bonchev–Trinajstić information content (AvgIpc) is 2.82. The number of nitriles is 1.